The first-order valence-electron chi connectivity index (χ1n) is 6.10. The van der Waals surface area contributed by atoms with E-state index in [1.54, 1.807) is 6.07 Å². The second-order valence-electron chi connectivity index (χ2n) is 4.16. The Bertz CT molecular complexity index is 534. The Kier molecular flexibility index (Phi) is 4.31. The number of ether oxygens (including phenoxy) is 1. The predicted molar refractivity (Wildman–Crippen MR) is 70.5 cm³/mol. The van der Waals surface area contributed by atoms with E-state index >= 15 is 0 Å². The van der Waals surface area contributed by atoms with Gasteiger partial charge >= 0.3 is 5.97 Å². The molecule has 0 fully saturated rings. The summed E-state index contributed by atoms with van der Waals surface area (Å²) < 4.78 is 5.25. The molecule has 0 aliphatic carbocycles. The zero-order valence-electron chi connectivity index (χ0n) is 10.1. The van der Waals surface area contributed by atoms with Crippen LogP contribution in [-0.2, 0) is 4.79 Å². The number of unbranched alkanes of at least 4 members (excludes halogenated alkanes) is 1. The molecule has 0 saturated carbocycles. The van der Waals surface area contributed by atoms with Gasteiger partial charge in [0.15, 0.2) is 0 Å². The van der Waals surface area contributed by atoms with Crippen molar-refractivity contribution in [3.63, 3.8) is 0 Å². The van der Waals surface area contributed by atoms with Crippen LogP contribution in [0.15, 0.2) is 42.5 Å². The molecule has 2 rings (SSSR count). The monoisotopic (exact) mass is 244 g/mol. The maximum Gasteiger partial charge on any atom is 0.311 e. The molecule has 3 heteroatoms. The lowest BCUT2D eigenvalue weighted by atomic mass is 10.1. The number of aliphatic hydroxyl groups is 1. The minimum absolute atomic E-state index is 0.114. The highest BCUT2D eigenvalue weighted by atomic mass is 16.5. The Hall–Kier alpha value is -1.87. The minimum Gasteiger partial charge on any atom is -0.427 e. The zero-order valence-corrected chi connectivity index (χ0v) is 10.1. The first-order chi connectivity index (χ1) is 8.79. The number of hydrogen-bond donors (Lipinski definition) is 1. The number of aliphatic hydroxyl groups excluding tert-OH is 1. The van der Waals surface area contributed by atoms with Crippen LogP contribution >= 0.6 is 0 Å². The van der Waals surface area contributed by atoms with E-state index in [-0.39, 0.29) is 12.6 Å². The van der Waals surface area contributed by atoms with Crippen molar-refractivity contribution in [2.75, 3.05) is 6.61 Å². The van der Waals surface area contributed by atoms with Crippen molar-refractivity contribution in [1.82, 2.24) is 0 Å². The molecule has 3 nitrogen and oxygen atoms in total. The summed E-state index contributed by atoms with van der Waals surface area (Å²) in [5.41, 5.74) is 0. The third-order valence-corrected chi connectivity index (χ3v) is 2.74. The molecular formula is C15H16O3. The number of carbonyl (C=O) groups is 1. The van der Waals surface area contributed by atoms with E-state index in [0.717, 1.165) is 10.8 Å². The molecule has 0 unspecified atom stereocenters. The first-order valence-corrected chi connectivity index (χ1v) is 6.10. The Labute approximate surface area is 106 Å². The van der Waals surface area contributed by atoms with E-state index in [1.807, 2.05) is 36.4 Å². The highest BCUT2D eigenvalue weighted by Crippen LogP contribution is 2.20. The van der Waals surface area contributed by atoms with Gasteiger partial charge in [-0.3, -0.25) is 4.79 Å². The molecule has 2 aromatic carbocycles. The van der Waals surface area contributed by atoms with E-state index in [9.17, 15) is 4.79 Å². The number of benzene rings is 2. The van der Waals surface area contributed by atoms with E-state index in [2.05, 4.69) is 0 Å². The summed E-state index contributed by atoms with van der Waals surface area (Å²) in [5.74, 6) is 0.321. The number of esters is 1. The lowest BCUT2D eigenvalue weighted by Crippen LogP contribution is -2.07. The first kappa shape index (κ1) is 12.6. The number of fused-ring (bicyclic) bond motifs is 1. The number of hydrogen-bond acceptors (Lipinski definition) is 3. The zero-order chi connectivity index (χ0) is 12.8. The summed E-state index contributed by atoms with van der Waals surface area (Å²) >= 11 is 0. The maximum absolute atomic E-state index is 11.5. The molecule has 0 aromatic heterocycles. The normalized spacial score (nSPS) is 10.5. The van der Waals surface area contributed by atoms with Crippen LogP contribution in [0.1, 0.15) is 19.3 Å². The highest BCUT2D eigenvalue weighted by molar-refractivity contribution is 5.84. The van der Waals surface area contributed by atoms with Crippen molar-refractivity contribution in [2.24, 2.45) is 0 Å². The van der Waals surface area contributed by atoms with Crippen molar-refractivity contribution < 1.29 is 14.6 Å². The van der Waals surface area contributed by atoms with Gasteiger partial charge < -0.3 is 9.84 Å². The molecule has 2 aromatic rings. The fourth-order valence-corrected chi connectivity index (χ4v) is 1.79. The lowest BCUT2D eigenvalue weighted by Gasteiger charge is -2.05. The van der Waals surface area contributed by atoms with Crippen molar-refractivity contribution in [2.45, 2.75) is 19.3 Å². The molecule has 0 atom stereocenters. The van der Waals surface area contributed by atoms with Gasteiger partial charge in [0.05, 0.1) is 0 Å². The Morgan fingerprint density at radius 1 is 1.06 bits per heavy atom. The molecule has 0 saturated heterocycles. The van der Waals surface area contributed by atoms with Gasteiger partial charge in [0.25, 0.3) is 0 Å². The smallest absolute Gasteiger partial charge is 0.311 e. The maximum atomic E-state index is 11.5. The van der Waals surface area contributed by atoms with Crippen LogP contribution < -0.4 is 4.74 Å². The highest BCUT2D eigenvalue weighted by Gasteiger charge is 2.05. The number of carbonyl (C=O) groups excluding carboxylic acids is 1. The van der Waals surface area contributed by atoms with E-state index in [1.165, 1.54) is 0 Å². The standard InChI is InChI=1S/C15H16O3/c16-10-4-3-7-15(17)18-14-9-8-12-5-1-2-6-13(12)11-14/h1-2,5-6,8-9,11,16H,3-4,7,10H2. The summed E-state index contributed by atoms with van der Waals surface area (Å²) in [4.78, 5) is 11.5. The van der Waals surface area contributed by atoms with Crippen LogP contribution in [0.25, 0.3) is 10.8 Å². The molecule has 0 aliphatic heterocycles. The second kappa shape index (κ2) is 6.17. The third-order valence-electron chi connectivity index (χ3n) is 2.74. The Morgan fingerprint density at radius 3 is 2.61 bits per heavy atom. The van der Waals surface area contributed by atoms with E-state index in [4.69, 9.17) is 9.84 Å². The molecule has 0 amide bonds. The van der Waals surface area contributed by atoms with Crippen LogP contribution in [0.3, 0.4) is 0 Å². The van der Waals surface area contributed by atoms with Crippen molar-refractivity contribution in [1.29, 1.82) is 0 Å². The van der Waals surface area contributed by atoms with Crippen LogP contribution in [0, 0.1) is 0 Å². The quantitative estimate of drug-likeness (QED) is 0.499. The summed E-state index contributed by atoms with van der Waals surface area (Å²) in [6, 6.07) is 13.5. The summed E-state index contributed by atoms with van der Waals surface area (Å²) in [5, 5.41) is 10.8. The van der Waals surface area contributed by atoms with Gasteiger partial charge in [-0.1, -0.05) is 30.3 Å². The molecule has 0 bridgehead atoms. The molecule has 0 heterocycles. The van der Waals surface area contributed by atoms with Crippen LogP contribution in [-0.4, -0.2) is 17.7 Å². The summed E-state index contributed by atoms with van der Waals surface area (Å²) in [7, 11) is 0. The molecule has 1 N–H and O–H groups in total. The number of rotatable bonds is 5. The molecular weight excluding hydrogens is 228 g/mol. The van der Waals surface area contributed by atoms with E-state index < -0.39 is 0 Å². The Morgan fingerprint density at radius 2 is 1.83 bits per heavy atom. The van der Waals surface area contributed by atoms with E-state index in [0.29, 0.717) is 25.0 Å². The van der Waals surface area contributed by atoms with Gasteiger partial charge in [0.1, 0.15) is 5.75 Å². The third kappa shape index (κ3) is 3.31. The fraction of sp³-hybridized carbons (Fsp3) is 0.267. The average Bonchev–Trinajstić information content (AvgIpc) is 2.39. The summed E-state index contributed by atoms with van der Waals surface area (Å²) in [6.45, 7) is 0.114. The average molecular weight is 244 g/mol. The Balaban J connectivity index is 2.01. The van der Waals surface area contributed by atoms with Gasteiger partial charge in [-0.25, -0.2) is 0 Å². The lowest BCUT2D eigenvalue weighted by molar-refractivity contribution is -0.134. The largest absolute Gasteiger partial charge is 0.427 e. The molecule has 94 valence electrons. The predicted octanol–water partition coefficient (Wildman–Crippen LogP) is 2.91. The molecule has 0 aliphatic rings. The van der Waals surface area contributed by atoms with Crippen LogP contribution in [0.2, 0.25) is 0 Å². The SMILES string of the molecule is O=C(CCCCO)Oc1ccc2ccccc2c1. The topological polar surface area (TPSA) is 46.5 Å². The van der Waals surface area contributed by atoms with Crippen LogP contribution in [0.5, 0.6) is 5.75 Å². The van der Waals surface area contributed by atoms with Crippen LogP contribution in [0.4, 0.5) is 0 Å². The molecule has 18 heavy (non-hydrogen) atoms. The fourth-order valence-electron chi connectivity index (χ4n) is 1.79. The van der Waals surface area contributed by atoms with Gasteiger partial charge in [-0.2, -0.15) is 0 Å². The van der Waals surface area contributed by atoms with Gasteiger partial charge in [-0.05, 0) is 35.7 Å². The van der Waals surface area contributed by atoms with Gasteiger partial charge in [0, 0.05) is 13.0 Å². The van der Waals surface area contributed by atoms with Gasteiger partial charge in [-0.15, -0.1) is 0 Å². The van der Waals surface area contributed by atoms with Crippen molar-refractivity contribution >= 4 is 16.7 Å². The van der Waals surface area contributed by atoms with Gasteiger partial charge in [0.2, 0.25) is 0 Å². The van der Waals surface area contributed by atoms with Crippen molar-refractivity contribution in [3.05, 3.63) is 42.5 Å². The molecule has 0 spiro atoms. The second-order valence-corrected chi connectivity index (χ2v) is 4.16. The van der Waals surface area contributed by atoms with Crippen molar-refractivity contribution in [3.8, 4) is 5.75 Å². The molecule has 0 radical (unpaired) electrons. The minimum atomic E-state index is -0.251. The summed E-state index contributed by atoms with van der Waals surface area (Å²) in [6.07, 6.45) is 1.63.